The Balaban J connectivity index is 1.68. The Morgan fingerprint density at radius 1 is 1.09 bits per heavy atom. The number of carbonyl (C=O) groups is 1. The molecule has 0 bridgehead atoms. The predicted octanol–water partition coefficient (Wildman–Crippen LogP) is 4.88. The van der Waals surface area contributed by atoms with E-state index in [1.807, 2.05) is 25.1 Å². The third kappa shape index (κ3) is 3.17. The van der Waals surface area contributed by atoms with Gasteiger partial charge in [-0.05, 0) is 56.0 Å². The number of hydrogen-bond donors (Lipinski definition) is 2. The van der Waals surface area contributed by atoms with Crippen LogP contribution in [0, 0.1) is 13.8 Å². The fourth-order valence-corrected chi connectivity index (χ4v) is 2.83. The van der Waals surface area contributed by atoms with Crippen LogP contribution in [0.3, 0.4) is 0 Å². The van der Waals surface area contributed by atoms with Gasteiger partial charge in [0.05, 0.1) is 5.54 Å². The van der Waals surface area contributed by atoms with Crippen LogP contribution in [0.2, 0.25) is 0 Å². The van der Waals surface area contributed by atoms with Gasteiger partial charge in [-0.1, -0.05) is 45.8 Å². The van der Waals surface area contributed by atoms with Crippen LogP contribution < -0.4 is 10.6 Å². The fourth-order valence-electron chi connectivity index (χ4n) is 2.59. The molecule has 0 unspecified atom stereocenters. The van der Waals surface area contributed by atoms with Crippen molar-refractivity contribution in [1.82, 2.24) is 5.32 Å². The second-order valence-corrected chi connectivity index (χ2v) is 6.85. The van der Waals surface area contributed by atoms with Gasteiger partial charge in [0.15, 0.2) is 0 Å². The maximum atomic E-state index is 12.3. The molecule has 1 fully saturated rings. The minimum atomic E-state index is -0.192. The highest BCUT2D eigenvalue weighted by Crippen LogP contribution is 2.45. The smallest absolute Gasteiger partial charge is 0.319 e. The second-order valence-electron chi connectivity index (χ2n) is 5.99. The number of benzene rings is 2. The van der Waals surface area contributed by atoms with Gasteiger partial charge in [-0.15, -0.1) is 0 Å². The standard InChI is InChI=1S/C18H19BrN2O/c1-12-3-5-14(6-4-12)18(9-10-18)21-17(22)20-15-7-8-16(19)13(2)11-15/h3-8,11H,9-10H2,1-2H3,(H2,20,21,22). The van der Waals surface area contributed by atoms with Gasteiger partial charge < -0.3 is 10.6 Å². The van der Waals surface area contributed by atoms with Crippen molar-refractivity contribution in [1.29, 1.82) is 0 Å². The Kier molecular flexibility index (Phi) is 3.96. The van der Waals surface area contributed by atoms with Crippen LogP contribution in [0.4, 0.5) is 10.5 Å². The van der Waals surface area contributed by atoms with Gasteiger partial charge in [-0.3, -0.25) is 0 Å². The maximum Gasteiger partial charge on any atom is 0.319 e. The first kappa shape index (κ1) is 15.1. The molecule has 0 heterocycles. The van der Waals surface area contributed by atoms with E-state index < -0.39 is 0 Å². The van der Waals surface area contributed by atoms with Crippen molar-refractivity contribution in [3.05, 3.63) is 63.6 Å². The van der Waals surface area contributed by atoms with E-state index in [2.05, 4.69) is 57.8 Å². The van der Waals surface area contributed by atoms with Crippen LogP contribution >= 0.6 is 15.9 Å². The minimum absolute atomic E-state index is 0.153. The molecule has 2 aromatic carbocycles. The Morgan fingerprint density at radius 2 is 1.77 bits per heavy atom. The zero-order chi connectivity index (χ0) is 15.7. The third-order valence-corrected chi connectivity index (χ3v) is 5.01. The van der Waals surface area contributed by atoms with E-state index in [1.165, 1.54) is 11.1 Å². The molecule has 114 valence electrons. The minimum Gasteiger partial charge on any atom is -0.328 e. The molecule has 0 aromatic heterocycles. The fraction of sp³-hybridized carbons (Fsp3) is 0.278. The highest BCUT2D eigenvalue weighted by atomic mass is 79.9. The Morgan fingerprint density at radius 3 is 2.36 bits per heavy atom. The molecule has 0 radical (unpaired) electrons. The molecule has 0 spiro atoms. The number of carbonyl (C=O) groups excluding carboxylic acids is 1. The first-order valence-electron chi connectivity index (χ1n) is 7.41. The number of aryl methyl sites for hydroxylation is 2. The molecule has 0 saturated heterocycles. The van der Waals surface area contributed by atoms with E-state index in [1.54, 1.807) is 0 Å². The van der Waals surface area contributed by atoms with Crippen molar-refractivity contribution < 1.29 is 4.79 Å². The molecule has 2 amide bonds. The van der Waals surface area contributed by atoms with Crippen molar-refractivity contribution in [2.24, 2.45) is 0 Å². The highest BCUT2D eigenvalue weighted by molar-refractivity contribution is 9.10. The van der Waals surface area contributed by atoms with Gasteiger partial charge in [-0.2, -0.15) is 0 Å². The van der Waals surface area contributed by atoms with Crippen molar-refractivity contribution in [2.45, 2.75) is 32.2 Å². The Hall–Kier alpha value is -1.81. The van der Waals surface area contributed by atoms with Gasteiger partial charge >= 0.3 is 6.03 Å². The largest absolute Gasteiger partial charge is 0.328 e. The number of amides is 2. The monoisotopic (exact) mass is 358 g/mol. The first-order valence-corrected chi connectivity index (χ1v) is 8.20. The summed E-state index contributed by atoms with van der Waals surface area (Å²) in [5.74, 6) is 0. The van der Waals surface area contributed by atoms with Crippen LogP contribution in [0.5, 0.6) is 0 Å². The molecule has 2 aromatic rings. The molecule has 3 rings (SSSR count). The molecular weight excluding hydrogens is 340 g/mol. The summed E-state index contributed by atoms with van der Waals surface area (Å²) >= 11 is 3.46. The number of urea groups is 1. The van der Waals surface area contributed by atoms with Crippen LogP contribution in [-0.2, 0) is 5.54 Å². The lowest BCUT2D eigenvalue weighted by molar-refractivity contribution is 0.247. The molecule has 22 heavy (non-hydrogen) atoms. The number of halogens is 1. The number of anilines is 1. The molecule has 0 aliphatic heterocycles. The summed E-state index contributed by atoms with van der Waals surface area (Å²) in [6.07, 6.45) is 1.98. The molecule has 1 saturated carbocycles. The summed E-state index contributed by atoms with van der Waals surface area (Å²) in [4.78, 5) is 12.3. The quantitative estimate of drug-likeness (QED) is 0.806. The topological polar surface area (TPSA) is 41.1 Å². The summed E-state index contributed by atoms with van der Waals surface area (Å²) in [7, 11) is 0. The lowest BCUT2D eigenvalue weighted by Crippen LogP contribution is -2.38. The molecule has 3 nitrogen and oxygen atoms in total. The van der Waals surface area contributed by atoms with Crippen LogP contribution in [-0.4, -0.2) is 6.03 Å². The van der Waals surface area contributed by atoms with Crippen LogP contribution in [0.25, 0.3) is 0 Å². The molecule has 4 heteroatoms. The summed E-state index contributed by atoms with van der Waals surface area (Å²) in [5.41, 5.74) is 4.12. The van der Waals surface area contributed by atoms with Gasteiger partial charge in [0.25, 0.3) is 0 Å². The van der Waals surface area contributed by atoms with Crippen LogP contribution in [0.15, 0.2) is 46.9 Å². The van der Waals surface area contributed by atoms with Crippen molar-refractivity contribution in [2.75, 3.05) is 5.32 Å². The molecule has 0 atom stereocenters. The van der Waals surface area contributed by atoms with Gasteiger partial charge in [-0.25, -0.2) is 4.79 Å². The van der Waals surface area contributed by atoms with E-state index in [0.29, 0.717) is 0 Å². The average Bonchev–Trinajstić information content (AvgIpc) is 3.24. The maximum absolute atomic E-state index is 12.3. The lowest BCUT2D eigenvalue weighted by Gasteiger charge is -2.19. The van der Waals surface area contributed by atoms with Crippen LogP contribution in [0.1, 0.15) is 29.5 Å². The normalized spacial score (nSPS) is 15.2. The number of rotatable bonds is 3. The second kappa shape index (κ2) is 5.76. The number of hydrogen-bond acceptors (Lipinski definition) is 1. The number of nitrogens with one attached hydrogen (secondary N) is 2. The van der Waals surface area contributed by atoms with E-state index >= 15 is 0 Å². The summed E-state index contributed by atoms with van der Waals surface area (Å²) in [6.45, 7) is 4.07. The summed E-state index contributed by atoms with van der Waals surface area (Å²) in [5, 5.41) is 6.04. The van der Waals surface area contributed by atoms with Gasteiger partial charge in [0.2, 0.25) is 0 Å². The summed E-state index contributed by atoms with van der Waals surface area (Å²) < 4.78 is 1.04. The van der Waals surface area contributed by atoms with Crippen molar-refractivity contribution >= 4 is 27.6 Å². The summed E-state index contributed by atoms with van der Waals surface area (Å²) in [6, 6.07) is 14.0. The third-order valence-electron chi connectivity index (χ3n) is 4.12. The Bertz CT molecular complexity index is 706. The molecule has 1 aliphatic rings. The zero-order valence-electron chi connectivity index (χ0n) is 12.7. The molecule has 1 aliphatic carbocycles. The van der Waals surface area contributed by atoms with E-state index in [4.69, 9.17) is 0 Å². The molecule has 2 N–H and O–H groups in total. The lowest BCUT2D eigenvalue weighted by atomic mass is 10.0. The average molecular weight is 359 g/mol. The van der Waals surface area contributed by atoms with Gasteiger partial charge in [0.1, 0.15) is 0 Å². The highest BCUT2D eigenvalue weighted by Gasteiger charge is 2.45. The van der Waals surface area contributed by atoms with Crippen molar-refractivity contribution in [3.63, 3.8) is 0 Å². The molecular formula is C18H19BrN2O. The SMILES string of the molecule is Cc1ccc(C2(NC(=O)Nc3ccc(Br)c(C)c3)CC2)cc1. The zero-order valence-corrected chi connectivity index (χ0v) is 14.3. The van der Waals surface area contributed by atoms with Crippen molar-refractivity contribution in [3.8, 4) is 0 Å². The Labute approximate surface area is 139 Å². The van der Waals surface area contributed by atoms with E-state index in [9.17, 15) is 4.79 Å². The van der Waals surface area contributed by atoms with E-state index in [0.717, 1.165) is 28.6 Å². The first-order chi connectivity index (χ1) is 10.5. The van der Waals surface area contributed by atoms with E-state index in [-0.39, 0.29) is 11.6 Å². The van der Waals surface area contributed by atoms with Gasteiger partial charge in [0, 0.05) is 10.2 Å². The predicted molar refractivity (Wildman–Crippen MR) is 93.1 cm³/mol.